The van der Waals surface area contributed by atoms with Crippen LogP contribution in [0.5, 0.6) is 5.75 Å². The number of aromatic hydroxyl groups is 1. The largest absolute Gasteiger partial charge is 0.507 e. The standard InChI is InChI=1S/C11H14N2O4/c14-11-7-10(13(15)16)2-1-9(11)8-12-3-5-17-6-4-12/h1-2,7,14H,3-6,8H2. The van der Waals surface area contributed by atoms with E-state index in [-0.39, 0.29) is 11.4 Å². The molecule has 0 atom stereocenters. The molecule has 17 heavy (non-hydrogen) atoms. The Balaban J connectivity index is 2.08. The van der Waals surface area contributed by atoms with Crippen LogP contribution < -0.4 is 0 Å². The molecule has 0 spiro atoms. The highest BCUT2D eigenvalue weighted by Crippen LogP contribution is 2.24. The van der Waals surface area contributed by atoms with E-state index in [1.165, 1.54) is 12.1 Å². The summed E-state index contributed by atoms with van der Waals surface area (Å²) in [6.07, 6.45) is 0. The predicted molar refractivity (Wildman–Crippen MR) is 60.9 cm³/mol. The topological polar surface area (TPSA) is 75.8 Å². The second-order valence-electron chi connectivity index (χ2n) is 3.96. The molecule has 0 bridgehead atoms. The summed E-state index contributed by atoms with van der Waals surface area (Å²) in [5.74, 6) is -0.0225. The third-order valence-corrected chi connectivity index (χ3v) is 2.78. The second kappa shape index (κ2) is 5.11. The number of rotatable bonds is 3. The SMILES string of the molecule is O=[N+]([O-])c1ccc(CN2CCOCC2)c(O)c1. The summed E-state index contributed by atoms with van der Waals surface area (Å²) in [6.45, 7) is 3.60. The summed E-state index contributed by atoms with van der Waals surface area (Å²) >= 11 is 0. The van der Waals surface area contributed by atoms with Gasteiger partial charge in [0.05, 0.1) is 24.2 Å². The first kappa shape index (κ1) is 11.8. The Bertz CT molecular complexity index is 416. The van der Waals surface area contributed by atoms with Crippen molar-refractivity contribution >= 4 is 5.69 Å². The zero-order valence-electron chi connectivity index (χ0n) is 9.33. The highest BCUT2D eigenvalue weighted by molar-refractivity contribution is 5.43. The Morgan fingerprint density at radius 1 is 1.41 bits per heavy atom. The average molecular weight is 238 g/mol. The van der Waals surface area contributed by atoms with Crippen LogP contribution in [0.2, 0.25) is 0 Å². The van der Waals surface area contributed by atoms with E-state index in [2.05, 4.69) is 4.90 Å². The molecule has 1 aromatic rings. The molecule has 6 heteroatoms. The van der Waals surface area contributed by atoms with Gasteiger partial charge in [-0.3, -0.25) is 15.0 Å². The lowest BCUT2D eigenvalue weighted by Crippen LogP contribution is -2.35. The van der Waals surface area contributed by atoms with Crippen molar-refractivity contribution < 1.29 is 14.8 Å². The minimum atomic E-state index is -0.516. The Kier molecular flexibility index (Phi) is 3.55. The van der Waals surface area contributed by atoms with Crippen molar-refractivity contribution in [2.24, 2.45) is 0 Å². The summed E-state index contributed by atoms with van der Waals surface area (Å²) in [4.78, 5) is 12.1. The van der Waals surface area contributed by atoms with Crippen LogP contribution in [-0.2, 0) is 11.3 Å². The molecule has 1 heterocycles. The normalized spacial score (nSPS) is 16.9. The van der Waals surface area contributed by atoms with Crippen LogP contribution in [0.4, 0.5) is 5.69 Å². The summed E-state index contributed by atoms with van der Waals surface area (Å²) in [5, 5.41) is 20.2. The Morgan fingerprint density at radius 3 is 2.71 bits per heavy atom. The number of non-ortho nitro benzene ring substituents is 1. The van der Waals surface area contributed by atoms with Gasteiger partial charge in [-0.25, -0.2) is 0 Å². The van der Waals surface area contributed by atoms with E-state index >= 15 is 0 Å². The summed E-state index contributed by atoms with van der Waals surface area (Å²) < 4.78 is 5.22. The molecule has 0 amide bonds. The average Bonchev–Trinajstić information content (AvgIpc) is 2.33. The minimum Gasteiger partial charge on any atom is -0.507 e. The first-order chi connectivity index (χ1) is 8.16. The molecule has 1 aliphatic rings. The molecule has 92 valence electrons. The van der Waals surface area contributed by atoms with E-state index in [1.54, 1.807) is 6.07 Å². The predicted octanol–water partition coefficient (Wildman–Crippen LogP) is 1.13. The van der Waals surface area contributed by atoms with Crippen molar-refractivity contribution in [3.63, 3.8) is 0 Å². The van der Waals surface area contributed by atoms with Crippen LogP contribution in [-0.4, -0.2) is 41.2 Å². The Labute approximate surface area is 98.6 Å². The van der Waals surface area contributed by atoms with Crippen LogP contribution in [0.25, 0.3) is 0 Å². The van der Waals surface area contributed by atoms with E-state index in [0.29, 0.717) is 25.3 Å². The van der Waals surface area contributed by atoms with Gasteiger partial charge >= 0.3 is 0 Å². The molecule has 1 N–H and O–H groups in total. The highest BCUT2D eigenvalue weighted by Gasteiger charge is 2.15. The number of hydrogen-bond donors (Lipinski definition) is 1. The van der Waals surface area contributed by atoms with Gasteiger partial charge < -0.3 is 9.84 Å². The van der Waals surface area contributed by atoms with E-state index < -0.39 is 4.92 Å². The van der Waals surface area contributed by atoms with E-state index in [4.69, 9.17) is 4.74 Å². The van der Waals surface area contributed by atoms with Crippen LogP contribution in [0, 0.1) is 10.1 Å². The molecule has 6 nitrogen and oxygen atoms in total. The zero-order valence-corrected chi connectivity index (χ0v) is 9.33. The van der Waals surface area contributed by atoms with Crippen molar-refractivity contribution in [2.75, 3.05) is 26.3 Å². The zero-order chi connectivity index (χ0) is 12.3. The van der Waals surface area contributed by atoms with Gasteiger partial charge in [-0.1, -0.05) is 0 Å². The van der Waals surface area contributed by atoms with Gasteiger partial charge in [0.2, 0.25) is 0 Å². The Hall–Kier alpha value is -1.66. The third kappa shape index (κ3) is 2.92. The maximum absolute atomic E-state index is 10.5. The van der Waals surface area contributed by atoms with Crippen LogP contribution >= 0.6 is 0 Å². The Morgan fingerprint density at radius 2 is 2.12 bits per heavy atom. The van der Waals surface area contributed by atoms with E-state index in [0.717, 1.165) is 13.1 Å². The molecule has 1 aliphatic heterocycles. The minimum absolute atomic E-state index is 0.0225. The van der Waals surface area contributed by atoms with Gasteiger partial charge in [0.25, 0.3) is 5.69 Å². The summed E-state index contributed by atoms with van der Waals surface area (Å²) in [6, 6.07) is 4.20. The molecular formula is C11H14N2O4. The van der Waals surface area contributed by atoms with Crippen LogP contribution in [0.3, 0.4) is 0 Å². The lowest BCUT2D eigenvalue weighted by atomic mass is 10.1. The maximum atomic E-state index is 10.5. The number of phenols is 1. The molecule has 2 rings (SSSR count). The van der Waals surface area contributed by atoms with Gasteiger partial charge in [0.15, 0.2) is 0 Å². The summed E-state index contributed by atoms with van der Waals surface area (Å²) in [5.41, 5.74) is 0.616. The van der Waals surface area contributed by atoms with Crippen molar-refractivity contribution in [3.05, 3.63) is 33.9 Å². The molecule has 0 saturated carbocycles. The molecule has 0 unspecified atom stereocenters. The maximum Gasteiger partial charge on any atom is 0.273 e. The fourth-order valence-corrected chi connectivity index (χ4v) is 1.80. The number of ether oxygens (including phenoxy) is 1. The quantitative estimate of drug-likeness (QED) is 0.631. The third-order valence-electron chi connectivity index (χ3n) is 2.78. The first-order valence-corrected chi connectivity index (χ1v) is 5.43. The van der Waals surface area contributed by atoms with E-state index in [9.17, 15) is 15.2 Å². The first-order valence-electron chi connectivity index (χ1n) is 5.43. The number of benzene rings is 1. The van der Waals surface area contributed by atoms with Gasteiger partial charge in [0.1, 0.15) is 5.75 Å². The monoisotopic (exact) mass is 238 g/mol. The van der Waals surface area contributed by atoms with Crippen molar-refractivity contribution in [2.45, 2.75) is 6.54 Å². The molecule has 1 fully saturated rings. The lowest BCUT2D eigenvalue weighted by Gasteiger charge is -2.26. The number of nitro benzene ring substituents is 1. The number of nitro groups is 1. The van der Waals surface area contributed by atoms with Crippen molar-refractivity contribution in [1.82, 2.24) is 4.90 Å². The number of nitrogens with zero attached hydrogens (tertiary/aromatic N) is 2. The van der Waals surface area contributed by atoms with Crippen molar-refractivity contribution in [3.8, 4) is 5.75 Å². The summed E-state index contributed by atoms with van der Waals surface area (Å²) in [7, 11) is 0. The molecular weight excluding hydrogens is 224 g/mol. The highest BCUT2D eigenvalue weighted by atomic mass is 16.6. The molecule has 0 radical (unpaired) electrons. The van der Waals surface area contributed by atoms with Crippen molar-refractivity contribution in [1.29, 1.82) is 0 Å². The van der Waals surface area contributed by atoms with Gasteiger partial charge in [0, 0.05) is 31.3 Å². The fourth-order valence-electron chi connectivity index (χ4n) is 1.80. The second-order valence-corrected chi connectivity index (χ2v) is 3.96. The molecule has 1 aromatic carbocycles. The number of morpholine rings is 1. The van der Waals surface area contributed by atoms with Gasteiger partial charge in [-0.15, -0.1) is 0 Å². The van der Waals surface area contributed by atoms with Crippen LogP contribution in [0.15, 0.2) is 18.2 Å². The lowest BCUT2D eigenvalue weighted by molar-refractivity contribution is -0.384. The molecule has 1 saturated heterocycles. The number of hydrogen-bond acceptors (Lipinski definition) is 5. The molecule has 0 aromatic heterocycles. The number of phenolic OH excluding ortho intramolecular Hbond substituents is 1. The van der Waals surface area contributed by atoms with E-state index in [1.807, 2.05) is 0 Å². The van der Waals surface area contributed by atoms with Crippen LogP contribution in [0.1, 0.15) is 5.56 Å². The smallest absolute Gasteiger partial charge is 0.273 e. The van der Waals surface area contributed by atoms with Gasteiger partial charge in [-0.2, -0.15) is 0 Å². The van der Waals surface area contributed by atoms with Gasteiger partial charge in [-0.05, 0) is 6.07 Å². The fraction of sp³-hybridized carbons (Fsp3) is 0.455. The molecule has 0 aliphatic carbocycles.